The summed E-state index contributed by atoms with van der Waals surface area (Å²) in [6.07, 6.45) is 1.79. The molecule has 0 saturated heterocycles. The third kappa shape index (κ3) is 2.65. The number of methoxy groups -OCH3 is 1. The zero-order chi connectivity index (χ0) is 13.9. The third-order valence-electron chi connectivity index (χ3n) is 3.71. The van der Waals surface area contributed by atoms with Crippen LogP contribution >= 0.6 is 0 Å². The molecule has 0 aliphatic carbocycles. The fourth-order valence-electron chi connectivity index (χ4n) is 2.61. The van der Waals surface area contributed by atoms with Crippen LogP contribution in [-0.2, 0) is 19.4 Å². The number of aromatic nitrogens is 2. The highest BCUT2D eigenvalue weighted by Crippen LogP contribution is 2.17. The second-order valence-corrected chi connectivity index (χ2v) is 5.10. The minimum absolute atomic E-state index is 0.762. The van der Waals surface area contributed by atoms with E-state index >= 15 is 0 Å². The van der Waals surface area contributed by atoms with Gasteiger partial charge in [-0.1, -0.05) is 12.1 Å². The number of hydrogen-bond donors (Lipinski definition) is 1. The van der Waals surface area contributed by atoms with Gasteiger partial charge in [-0.05, 0) is 43.1 Å². The number of hydrogen-bond acceptors (Lipinski definition) is 4. The summed E-state index contributed by atoms with van der Waals surface area (Å²) in [5, 5.41) is 3.37. The van der Waals surface area contributed by atoms with Crippen molar-refractivity contribution in [3.63, 3.8) is 0 Å². The summed E-state index contributed by atoms with van der Waals surface area (Å²) in [6, 6.07) is 8.08. The predicted molar refractivity (Wildman–Crippen MR) is 78.0 cm³/mol. The molecule has 0 bridgehead atoms. The summed E-state index contributed by atoms with van der Waals surface area (Å²) in [7, 11) is 1.68. The number of benzene rings is 1. The molecule has 20 heavy (non-hydrogen) atoms. The van der Waals surface area contributed by atoms with Gasteiger partial charge in [-0.25, -0.2) is 9.97 Å². The molecule has 0 unspecified atom stereocenters. The van der Waals surface area contributed by atoms with Crippen LogP contribution in [0, 0.1) is 6.92 Å². The van der Waals surface area contributed by atoms with Gasteiger partial charge in [0.25, 0.3) is 0 Å². The van der Waals surface area contributed by atoms with Gasteiger partial charge in [-0.15, -0.1) is 0 Å². The van der Waals surface area contributed by atoms with Crippen molar-refractivity contribution in [3.8, 4) is 5.75 Å². The van der Waals surface area contributed by atoms with E-state index in [1.54, 1.807) is 7.11 Å². The molecule has 1 aromatic heterocycles. The largest absolute Gasteiger partial charge is 0.497 e. The normalized spacial score (nSPS) is 13.9. The quantitative estimate of drug-likeness (QED) is 0.926. The van der Waals surface area contributed by atoms with Crippen molar-refractivity contribution >= 4 is 0 Å². The van der Waals surface area contributed by atoms with E-state index in [2.05, 4.69) is 29.4 Å². The standard InChI is InChI=1S/C16H19N3O/c1-11-14-7-8-17-10-15(14)19-16(18-11)9-12-3-5-13(20-2)6-4-12/h3-6,17H,7-10H2,1-2H3. The van der Waals surface area contributed by atoms with Crippen LogP contribution in [0.5, 0.6) is 5.75 Å². The molecular weight excluding hydrogens is 250 g/mol. The molecule has 2 heterocycles. The van der Waals surface area contributed by atoms with Crippen molar-refractivity contribution in [2.45, 2.75) is 26.3 Å². The van der Waals surface area contributed by atoms with Crippen LogP contribution in [0.3, 0.4) is 0 Å². The first kappa shape index (κ1) is 13.1. The Morgan fingerprint density at radius 3 is 2.75 bits per heavy atom. The molecule has 0 atom stereocenters. The number of nitrogens with zero attached hydrogens (tertiary/aromatic N) is 2. The van der Waals surface area contributed by atoms with Crippen LogP contribution in [-0.4, -0.2) is 23.6 Å². The van der Waals surface area contributed by atoms with Crippen molar-refractivity contribution in [1.82, 2.24) is 15.3 Å². The summed E-state index contributed by atoms with van der Waals surface area (Å²) in [4.78, 5) is 9.36. The van der Waals surface area contributed by atoms with E-state index in [4.69, 9.17) is 9.72 Å². The van der Waals surface area contributed by atoms with Crippen LogP contribution in [0.2, 0.25) is 0 Å². The number of rotatable bonds is 3. The number of nitrogens with one attached hydrogen (secondary N) is 1. The maximum absolute atomic E-state index is 5.17. The molecule has 4 heteroatoms. The highest BCUT2D eigenvalue weighted by molar-refractivity contribution is 5.31. The van der Waals surface area contributed by atoms with Crippen LogP contribution in [0.15, 0.2) is 24.3 Å². The number of aryl methyl sites for hydroxylation is 1. The van der Waals surface area contributed by atoms with Gasteiger partial charge in [0.2, 0.25) is 0 Å². The van der Waals surface area contributed by atoms with Gasteiger partial charge in [0.05, 0.1) is 12.8 Å². The lowest BCUT2D eigenvalue weighted by Crippen LogP contribution is -2.26. The van der Waals surface area contributed by atoms with E-state index in [0.29, 0.717) is 0 Å². The summed E-state index contributed by atoms with van der Waals surface area (Å²) >= 11 is 0. The lowest BCUT2D eigenvalue weighted by Gasteiger charge is -2.18. The Hall–Kier alpha value is -1.94. The fraction of sp³-hybridized carbons (Fsp3) is 0.375. The van der Waals surface area contributed by atoms with Gasteiger partial charge in [0.1, 0.15) is 11.6 Å². The van der Waals surface area contributed by atoms with E-state index in [-0.39, 0.29) is 0 Å². The Morgan fingerprint density at radius 2 is 2.00 bits per heavy atom. The Morgan fingerprint density at radius 1 is 1.20 bits per heavy atom. The molecule has 1 N–H and O–H groups in total. The first-order valence-corrected chi connectivity index (χ1v) is 6.95. The second kappa shape index (κ2) is 5.59. The van der Waals surface area contributed by atoms with E-state index in [0.717, 1.165) is 48.9 Å². The molecule has 2 aromatic rings. The Labute approximate surface area is 119 Å². The molecule has 3 rings (SSSR count). The molecule has 0 saturated carbocycles. The Kier molecular flexibility index (Phi) is 3.65. The van der Waals surface area contributed by atoms with Crippen LogP contribution in [0.4, 0.5) is 0 Å². The first-order chi connectivity index (χ1) is 9.76. The van der Waals surface area contributed by atoms with E-state index < -0.39 is 0 Å². The lowest BCUT2D eigenvalue weighted by molar-refractivity contribution is 0.414. The fourth-order valence-corrected chi connectivity index (χ4v) is 2.61. The smallest absolute Gasteiger partial charge is 0.133 e. The van der Waals surface area contributed by atoms with Gasteiger partial charge in [-0.3, -0.25) is 0 Å². The molecule has 1 aromatic carbocycles. The third-order valence-corrected chi connectivity index (χ3v) is 3.71. The minimum Gasteiger partial charge on any atom is -0.497 e. The summed E-state index contributed by atoms with van der Waals surface area (Å²) in [6.45, 7) is 3.96. The maximum atomic E-state index is 5.17. The average Bonchev–Trinajstić information content (AvgIpc) is 2.48. The Balaban J connectivity index is 1.85. The zero-order valence-corrected chi connectivity index (χ0v) is 11.9. The molecule has 1 aliphatic rings. The number of ether oxygens (including phenoxy) is 1. The van der Waals surface area contributed by atoms with Gasteiger partial charge >= 0.3 is 0 Å². The van der Waals surface area contributed by atoms with Crippen molar-refractivity contribution in [2.75, 3.05) is 13.7 Å². The maximum Gasteiger partial charge on any atom is 0.133 e. The minimum atomic E-state index is 0.762. The van der Waals surface area contributed by atoms with Crippen molar-refractivity contribution < 1.29 is 4.74 Å². The van der Waals surface area contributed by atoms with Gasteiger partial charge in [-0.2, -0.15) is 0 Å². The second-order valence-electron chi connectivity index (χ2n) is 5.10. The molecule has 1 aliphatic heterocycles. The highest BCUT2D eigenvalue weighted by atomic mass is 16.5. The Bertz CT molecular complexity index is 608. The monoisotopic (exact) mass is 269 g/mol. The summed E-state index contributed by atoms with van der Waals surface area (Å²) in [5.74, 6) is 1.77. The van der Waals surface area contributed by atoms with Crippen molar-refractivity contribution in [1.29, 1.82) is 0 Å². The molecular formula is C16H19N3O. The zero-order valence-electron chi connectivity index (χ0n) is 11.9. The SMILES string of the molecule is COc1ccc(Cc2nc(C)c3c(n2)CNCC3)cc1. The molecule has 0 radical (unpaired) electrons. The molecule has 104 valence electrons. The molecule has 0 amide bonds. The lowest BCUT2D eigenvalue weighted by atomic mass is 10.0. The van der Waals surface area contributed by atoms with Crippen molar-refractivity contribution in [3.05, 3.63) is 52.6 Å². The van der Waals surface area contributed by atoms with Gasteiger partial charge in [0, 0.05) is 18.7 Å². The number of fused-ring (bicyclic) bond motifs is 1. The first-order valence-electron chi connectivity index (χ1n) is 6.95. The highest BCUT2D eigenvalue weighted by Gasteiger charge is 2.15. The predicted octanol–water partition coefficient (Wildman–Crippen LogP) is 2.03. The van der Waals surface area contributed by atoms with Crippen LogP contribution in [0.1, 0.15) is 28.3 Å². The van der Waals surface area contributed by atoms with E-state index in [9.17, 15) is 0 Å². The molecule has 4 nitrogen and oxygen atoms in total. The van der Waals surface area contributed by atoms with E-state index in [1.165, 1.54) is 11.1 Å². The molecule has 0 fully saturated rings. The van der Waals surface area contributed by atoms with Crippen molar-refractivity contribution in [2.24, 2.45) is 0 Å². The van der Waals surface area contributed by atoms with E-state index in [1.807, 2.05) is 12.1 Å². The van der Waals surface area contributed by atoms with Gasteiger partial charge in [0.15, 0.2) is 0 Å². The summed E-state index contributed by atoms with van der Waals surface area (Å²) in [5.41, 5.74) is 4.81. The summed E-state index contributed by atoms with van der Waals surface area (Å²) < 4.78 is 5.17. The topological polar surface area (TPSA) is 47.0 Å². The van der Waals surface area contributed by atoms with Gasteiger partial charge < -0.3 is 10.1 Å². The average molecular weight is 269 g/mol. The molecule has 0 spiro atoms. The van der Waals surface area contributed by atoms with Crippen LogP contribution < -0.4 is 10.1 Å². The van der Waals surface area contributed by atoms with Crippen LogP contribution in [0.25, 0.3) is 0 Å².